The summed E-state index contributed by atoms with van der Waals surface area (Å²) in [5.41, 5.74) is 3.43. The molecule has 2 amide bonds. The van der Waals surface area contributed by atoms with Crippen molar-refractivity contribution in [3.05, 3.63) is 63.9 Å². The van der Waals surface area contributed by atoms with Crippen LogP contribution in [0.1, 0.15) is 31.4 Å². The molecule has 3 aromatic rings. The number of hydrogen-bond donors (Lipinski definition) is 3. The van der Waals surface area contributed by atoms with E-state index in [4.69, 9.17) is 0 Å². The molecule has 0 saturated heterocycles. The van der Waals surface area contributed by atoms with Crippen LogP contribution in [-0.4, -0.2) is 32.2 Å². The number of hydrogen-bond acceptors (Lipinski definition) is 6. The number of aryl methyl sites for hydroxylation is 2. The quantitative estimate of drug-likeness (QED) is 0.469. The van der Waals surface area contributed by atoms with Gasteiger partial charge in [-0.15, -0.1) is 10.2 Å². The number of aromatic nitrogens is 3. The molecule has 0 unspecified atom stereocenters. The number of para-hydroxylation sites is 1. The first-order chi connectivity index (χ1) is 15.3. The summed E-state index contributed by atoms with van der Waals surface area (Å²) in [7, 11) is 0. The molecule has 3 N–H and O–H groups in total. The number of benzene rings is 2. The van der Waals surface area contributed by atoms with Crippen LogP contribution in [0, 0.1) is 13.8 Å². The number of aromatic amines is 1. The fourth-order valence-electron chi connectivity index (χ4n) is 3.00. The third kappa shape index (κ3) is 5.61. The highest BCUT2D eigenvalue weighted by molar-refractivity contribution is 8.00. The normalized spacial score (nSPS) is 11.6. The van der Waals surface area contributed by atoms with E-state index in [-0.39, 0.29) is 22.7 Å². The average molecular weight is 452 g/mol. The number of thioether (sulfide) groups is 1. The van der Waals surface area contributed by atoms with Gasteiger partial charge >= 0.3 is 0 Å². The molecule has 3 rings (SSSR count). The minimum Gasteiger partial charge on any atom is -0.325 e. The van der Waals surface area contributed by atoms with E-state index in [1.165, 1.54) is 0 Å². The van der Waals surface area contributed by atoms with Crippen molar-refractivity contribution in [3.63, 3.8) is 0 Å². The van der Waals surface area contributed by atoms with Gasteiger partial charge in [-0.05, 0) is 38.5 Å². The molecule has 0 aliphatic heterocycles. The van der Waals surface area contributed by atoms with Crippen LogP contribution >= 0.6 is 11.8 Å². The van der Waals surface area contributed by atoms with E-state index in [0.29, 0.717) is 17.7 Å². The van der Waals surface area contributed by atoms with Crippen molar-refractivity contribution in [3.8, 4) is 11.3 Å². The molecule has 0 saturated carbocycles. The summed E-state index contributed by atoms with van der Waals surface area (Å²) in [5, 5.41) is 13.5. The smallest absolute Gasteiger partial charge is 0.278 e. The molecule has 2 aromatic carbocycles. The van der Waals surface area contributed by atoms with Crippen LogP contribution in [0.2, 0.25) is 0 Å². The van der Waals surface area contributed by atoms with Crippen molar-refractivity contribution in [2.75, 3.05) is 10.6 Å². The van der Waals surface area contributed by atoms with E-state index >= 15 is 0 Å². The lowest BCUT2D eigenvalue weighted by Crippen LogP contribution is -2.24. The van der Waals surface area contributed by atoms with Crippen LogP contribution < -0.4 is 16.2 Å². The Bertz CT molecular complexity index is 1210. The molecule has 0 radical (unpaired) electrons. The van der Waals surface area contributed by atoms with Gasteiger partial charge in [-0.25, -0.2) is 0 Å². The summed E-state index contributed by atoms with van der Waals surface area (Å²) in [5.74, 6) is -0.376. The van der Waals surface area contributed by atoms with Gasteiger partial charge in [0.25, 0.3) is 5.56 Å². The number of amides is 2. The number of H-pyrrole nitrogens is 1. The highest BCUT2D eigenvalue weighted by atomic mass is 32.2. The van der Waals surface area contributed by atoms with Crippen LogP contribution in [0.15, 0.2) is 52.4 Å². The van der Waals surface area contributed by atoms with E-state index in [0.717, 1.165) is 28.6 Å². The fraction of sp³-hybridized carbons (Fsp3) is 0.261. The van der Waals surface area contributed by atoms with Crippen LogP contribution in [0.3, 0.4) is 0 Å². The number of anilines is 2. The molecule has 1 aromatic heterocycles. The molecular formula is C23H25N5O3S. The first-order valence-electron chi connectivity index (χ1n) is 10.2. The number of nitrogens with one attached hydrogen (secondary N) is 3. The second kappa shape index (κ2) is 10.2. The van der Waals surface area contributed by atoms with E-state index < -0.39 is 10.8 Å². The minimum atomic E-state index is -0.511. The Morgan fingerprint density at radius 3 is 2.50 bits per heavy atom. The Balaban J connectivity index is 1.75. The summed E-state index contributed by atoms with van der Waals surface area (Å²) in [4.78, 5) is 39.7. The first kappa shape index (κ1) is 23.2. The van der Waals surface area contributed by atoms with Gasteiger partial charge in [-0.3, -0.25) is 19.4 Å². The van der Waals surface area contributed by atoms with Gasteiger partial charge in [-0.2, -0.15) is 0 Å². The zero-order valence-corrected chi connectivity index (χ0v) is 19.2. The van der Waals surface area contributed by atoms with Crippen molar-refractivity contribution in [2.45, 2.75) is 44.5 Å². The number of carbonyl (C=O) groups is 2. The van der Waals surface area contributed by atoms with E-state index in [1.54, 1.807) is 38.1 Å². The Kier molecular flexibility index (Phi) is 7.42. The molecule has 32 heavy (non-hydrogen) atoms. The molecule has 0 spiro atoms. The van der Waals surface area contributed by atoms with Gasteiger partial charge in [0.05, 0.1) is 10.9 Å². The molecule has 9 heteroatoms. The SMILES string of the molecule is CCC(=O)Nc1ccccc1-c1nnc(S[C@H](C)C(=O)Nc2ccc(C)cc2C)[nH]c1=O. The van der Waals surface area contributed by atoms with Crippen molar-refractivity contribution in [1.29, 1.82) is 0 Å². The lowest BCUT2D eigenvalue weighted by molar-refractivity contribution is -0.116. The molecule has 8 nitrogen and oxygen atoms in total. The maximum Gasteiger partial charge on any atom is 0.278 e. The number of carbonyl (C=O) groups excluding carboxylic acids is 2. The summed E-state index contributed by atoms with van der Waals surface area (Å²) in [6, 6.07) is 12.7. The zero-order valence-electron chi connectivity index (χ0n) is 18.4. The second-order valence-electron chi connectivity index (χ2n) is 7.32. The van der Waals surface area contributed by atoms with Crippen LogP contribution in [-0.2, 0) is 9.59 Å². The van der Waals surface area contributed by atoms with Gasteiger partial charge in [0, 0.05) is 17.7 Å². The van der Waals surface area contributed by atoms with E-state index in [9.17, 15) is 14.4 Å². The minimum absolute atomic E-state index is 0.0914. The Labute approximate surface area is 190 Å². The van der Waals surface area contributed by atoms with Crippen molar-refractivity contribution in [2.24, 2.45) is 0 Å². The lowest BCUT2D eigenvalue weighted by Gasteiger charge is -2.13. The van der Waals surface area contributed by atoms with Crippen molar-refractivity contribution < 1.29 is 9.59 Å². The topological polar surface area (TPSA) is 117 Å². The highest BCUT2D eigenvalue weighted by Crippen LogP contribution is 2.25. The third-order valence-corrected chi connectivity index (χ3v) is 5.73. The predicted octanol–water partition coefficient (Wildman–Crippen LogP) is 3.92. The Morgan fingerprint density at radius 1 is 1.06 bits per heavy atom. The average Bonchev–Trinajstić information content (AvgIpc) is 2.76. The van der Waals surface area contributed by atoms with Gasteiger partial charge in [0.1, 0.15) is 0 Å². The molecular weight excluding hydrogens is 426 g/mol. The Morgan fingerprint density at radius 2 is 1.81 bits per heavy atom. The molecule has 0 fully saturated rings. The van der Waals surface area contributed by atoms with Crippen molar-refractivity contribution >= 4 is 35.0 Å². The fourth-order valence-corrected chi connectivity index (χ4v) is 3.74. The van der Waals surface area contributed by atoms with Gasteiger partial charge in [0.2, 0.25) is 11.8 Å². The van der Waals surface area contributed by atoms with Gasteiger partial charge in [-0.1, -0.05) is 54.6 Å². The van der Waals surface area contributed by atoms with Crippen LogP contribution in [0.5, 0.6) is 0 Å². The standard InChI is InChI=1S/C23H25N5O3S/c1-5-19(29)24-18-9-7-6-8-16(18)20-22(31)26-23(28-27-20)32-15(4)21(30)25-17-11-10-13(2)12-14(17)3/h6-12,15H,5H2,1-4H3,(H,24,29)(H,25,30)(H,26,28,31)/t15-/m1/s1. The molecule has 0 aliphatic rings. The lowest BCUT2D eigenvalue weighted by atomic mass is 10.1. The highest BCUT2D eigenvalue weighted by Gasteiger charge is 2.19. The van der Waals surface area contributed by atoms with Crippen molar-refractivity contribution in [1.82, 2.24) is 15.2 Å². The first-order valence-corrected chi connectivity index (χ1v) is 11.1. The summed E-state index contributed by atoms with van der Waals surface area (Å²) in [6.07, 6.45) is 0.314. The summed E-state index contributed by atoms with van der Waals surface area (Å²) in [6.45, 7) is 7.40. The predicted molar refractivity (Wildman–Crippen MR) is 127 cm³/mol. The number of nitrogens with zero attached hydrogens (tertiary/aromatic N) is 2. The third-order valence-electron chi connectivity index (χ3n) is 4.75. The summed E-state index contributed by atoms with van der Waals surface area (Å²) >= 11 is 1.11. The van der Waals surface area contributed by atoms with Gasteiger partial charge in [0.15, 0.2) is 10.9 Å². The summed E-state index contributed by atoms with van der Waals surface area (Å²) < 4.78 is 0. The van der Waals surface area contributed by atoms with E-state index in [2.05, 4.69) is 25.8 Å². The molecule has 166 valence electrons. The van der Waals surface area contributed by atoms with E-state index in [1.807, 2.05) is 32.0 Å². The van der Waals surface area contributed by atoms with Gasteiger partial charge < -0.3 is 10.6 Å². The zero-order chi connectivity index (χ0) is 23.3. The molecule has 0 bridgehead atoms. The van der Waals surface area contributed by atoms with Crippen LogP contribution in [0.25, 0.3) is 11.3 Å². The molecule has 1 atom stereocenters. The van der Waals surface area contributed by atoms with Crippen LogP contribution in [0.4, 0.5) is 11.4 Å². The largest absolute Gasteiger partial charge is 0.325 e. The second-order valence-corrected chi connectivity index (χ2v) is 8.65. The Hall–Kier alpha value is -3.46. The maximum atomic E-state index is 12.7. The maximum absolute atomic E-state index is 12.7. The molecule has 0 aliphatic carbocycles. The molecule has 1 heterocycles. The number of rotatable bonds is 7. The monoisotopic (exact) mass is 451 g/mol.